The van der Waals surface area contributed by atoms with E-state index in [1.165, 1.54) is 12.8 Å². The quantitative estimate of drug-likeness (QED) is 0.105. The molecule has 1 fully saturated rings. The molecule has 258 valence electrons. The van der Waals surface area contributed by atoms with Gasteiger partial charge < -0.3 is 29.6 Å². The molecule has 0 radical (unpaired) electrons. The number of aliphatic imine (C=N–C) groups is 2. The van der Waals surface area contributed by atoms with Gasteiger partial charge in [0.2, 0.25) is 0 Å². The lowest BCUT2D eigenvalue weighted by molar-refractivity contribution is 0.150. The fourth-order valence-corrected chi connectivity index (χ4v) is 5.17. The number of nitrogens with one attached hydrogen (secondary N) is 1. The van der Waals surface area contributed by atoms with Crippen LogP contribution in [0.1, 0.15) is 82.8 Å². The summed E-state index contributed by atoms with van der Waals surface area (Å²) < 4.78 is 22.1. The molecule has 3 N–H and O–H groups in total. The van der Waals surface area contributed by atoms with Crippen LogP contribution in [0.5, 0.6) is 11.5 Å². The van der Waals surface area contributed by atoms with Gasteiger partial charge in [-0.1, -0.05) is 26.7 Å². The molecule has 2 aromatic rings. The molecule has 2 aromatic carbocycles. The van der Waals surface area contributed by atoms with Crippen molar-refractivity contribution in [1.82, 2.24) is 10.2 Å². The van der Waals surface area contributed by atoms with Crippen molar-refractivity contribution in [2.24, 2.45) is 21.6 Å². The van der Waals surface area contributed by atoms with Gasteiger partial charge in [0, 0.05) is 24.7 Å². The molecule has 0 aromatic heterocycles. The van der Waals surface area contributed by atoms with Crippen molar-refractivity contribution in [3.63, 3.8) is 0 Å². The molecule has 0 saturated carbocycles. The van der Waals surface area contributed by atoms with E-state index >= 15 is 0 Å². The number of hydrogen-bond donors (Lipinski definition) is 2. The van der Waals surface area contributed by atoms with Crippen molar-refractivity contribution in [2.45, 2.75) is 71.6 Å². The third-order valence-electron chi connectivity index (χ3n) is 8.01. The minimum absolute atomic E-state index is 0.136. The van der Waals surface area contributed by atoms with Crippen molar-refractivity contribution in [2.75, 3.05) is 53.1 Å². The lowest BCUT2D eigenvalue weighted by Crippen LogP contribution is -2.35. The van der Waals surface area contributed by atoms with Crippen LogP contribution < -0.4 is 20.5 Å². The second-order valence-electron chi connectivity index (χ2n) is 11.7. The first-order valence-electron chi connectivity index (χ1n) is 17.0. The van der Waals surface area contributed by atoms with E-state index in [4.69, 9.17) is 24.7 Å². The summed E-state index contributed by atoms with van der Waals surface area (Å²) in [5.41, 5.74) is 7.40. The summed E-state index contributed by atoms with van der Waals surface area (Å²) in [6, 6.07) is 14.9. The third-order valence-corrected chi connectivity index (χ3v) is 8.01. The molecule has 0 atom stereocenters. The molecule has 47 heavy (non-hydrogen) atoms. The van der Waals surface area contributed by atoms with Crippen molar-refractivity contribution >= 4 is 23.9 Å². The van der Waals surface area contributed by atoms with Gasteiger partial charge in [0.05, 0.1) is 26.4 Å². The smallest absolute Gasteiger partial charge is 0.435 e. The summed E-state index contributed by atoms with van der Waals surface area (Å²) >= 11 is 0. The second-order valence-corrected chi connectivity index (χ2v) is 11.7. The van der Waals surface area contributed by atoms with Gasteiger partial charge in [-0.3, -0.25) is 10.3 Å². The number of amides is 2. The summed E-state index contributed by atoms with van der Waals surface area (Å²) in [5, 5.41) is 2.71. The first-order chi connectivity index (χ1) is 22.9. The van der Waals surface area contributed by atoms with E-state index in [1.54, 1.807) is 19.2 Å². The Morgan fingerprint density at radius 2 is 1.38 bits per heavy atom. The Morgan fingerprint density at radius 1 is 0.809 bits per heavy atom. The van der Waals surface area contributed by atoms with Gasteiger partial charge in [-0.25, -0.2) is 9.59 Å². The zero-order valence-electron chi connectivity index (χ0n) is 28.4. The third kappa shape index (κ3) is 14.5. The Labute approximate surface area is 279 Å². The fraction of sp³-hybridized carbons (Fsp3) is 0.556. The number of ether oxygens (including phenoxy) is 4. The first-order valence-corrected chi connectivity index (χ1v) is 17.0. The number of carbonyl (C=O) groups is 2. The summed E-state index contributed by atoms with van der Waals surface area (Å²) in [6.45, 7) is 9.39. The Kier molecular flexibility index (Phi) is 17.2. The van der Waals surface area contributed by atoms with Gasteiger partial charge in [-0.05, 0) is 112 Å². The lowest BCUT2D eigenvalue weighted by atomic mass is 9.92. The molecule has 1 aliphatic rings. The first kappa shape index (κ1) is 37.3. The average Bonchev–Trinajstić information content (AvgIpc) is 3.09. The normalized spacial score (nSPS) is 14.4. The summed E-state index contributed by atoms with van der Waals surface area (Å²) in [6.07, 6.45) is 7.95. The van der Waals surface area contributed by atoms with E-state index in [-0.39, 0.29) is 5.84 Å². The van der Waals surface area contributed by atoms with Gasteiger partial charge >= 0.3 is 12.2 Å². The van der Waals surface area contributed by atoms with Crippen LogP contribution in [-0.2, 0) is 9.47 Å². The summed E-state index contributed by atoms with van der Waals surface area (Å²) in [7, 11) is 1.64. The Morgan fingerprint density at radius 3 is 1.98 bits per heavy atom. The van der Waals surface area contributed by atoms with Gasteiger partial charge in [-0.2, -0.15) is 4.99 Å². The standard InChI is InChI=1S/C36H53N5O6/c1-4-6-24-46-35(42)39-33(37)29-11-15-31(16-12-29)44-26-8-10-28-19-22-41(23-20-28)21-9-27-45-32-17-13-30(14-18-32)34(38-3)40-36(43)47-25-7-5-2/h11-18,28H,4-10,19-27H2,1-3H3,(H2,37,39,42)(H,38,40,43). The maximum Gasteiger partial charge on any atom is 0.435 e. The molecular formula is C36H53N5O6. The van der Waals surface area contributed by atoms with Crippen LogP contribution in [-0.4, -0.2) is 81.9 Å². The zero-order chi connectivity index (χ0) is 33.7. The fourth-order valence-electron chi connectivity index (χ4n) is 5.17. The van der Waals surface area contributed by atoms with Crippen LogP contribution >= 0.6 is 0 Å². The average molecular weight is 652 g/mol. The predicted molar refractivity (Wildman–Crippen MR) is 186 cm³/mol. The predicted octanol–water partition coefficient (Wildman–Crippen LogP) is 6.57. The number of nitrogens with two attached hydrogens (primary N) is 1. The molecule has 3 rings (SSSR count). The van der Waals surface area contributed by atoms with Crippen LogP contribution in [0.25, 0.3) is 0 Å². The number of rotatable bonds is 18. The minimum Gasteiger partial charge on any atom is -0.494 e. The Bertz CT molecular complexity index is 1260. The molecule has 2 amide bonds. The van der Waals surface area contributed by atoms with Crippen molar-refractivity contribution in [1.29, 1.82) is 0 Å². The number of alkyl carbamates (subject to hydrolysis) is 1. The Balaban J connectivity index is 1.25. The SMILES string of the molecule is CCCCOC(=O)/N=C(\N)c1ccc(OCCCC2CCN(CCCOc3ccc(C(=NC)NC(=O)OCCCC)cc3)CC2)cc1. The molecular weight excluding hydrogens is 598 g/mol. The maximum atomic E-state index is 12.0. The number of hydrogen-bond acceptors (Lipinski definition) is 8. The highest BCUT2D eigenvalue weighted by atomic mass is 16.6. The van der Waals surface area contributed by atoms with E-state index in [1.807, 2.05) is 50.2 Å². The molecule has 1 aliphatic heterocycles. The molecule has 1 saturated heterocycles. The molecule has 0 aliphatic carbocycles. The zero-order valence-corrected chi connectivity index (χ0v) is 28.4. The van der Waals surface area contributed by atoms with E-state index in [0.717, 1.165) is 87.6 Å². The number of nitrogens with zero attached hydrogens (tertiary/aromatic N) is 3. The monoisotopic (exact) mass is 651 g/mol. The van der Waals surface area contributed by atoms with E-state index in [9.17, 15) is 9.59 Å². The van der Waals surface area contributed by atoms with Crippen LogP contribution in [0.15, 0.2) is 58.5 Å². The van der Waals surface area contributed by atoms with Gasteiger partial charge in [0.25, 0.3) is 0 Å². The van der Waals surface area contributed by atoms with E-state index in [0.29, 0.717) is 37.8 Å². The number of amidine groups is 2. The molecule has 11 nitrogen and oxygen atoms in total. The van der Waals surface area contributed by atoms with Crippen LogP contribution in [0.3, 0.4) is 0 Å². The van der Waals surface area contributed by atoms with Gasteiger partial charge in [0.15, 0.2) is 0 Å². The molecule has 11 heteroatoms. The highest BCUT2D eigenvalue weighted by molar-refractivity contribution is 6.06. The van der Waals surface area contributed by atoms with E-state index < -0.39 is 12.2 Å². The summed E-state index contributed by atoms with van der Waals surface area (Å²) in [4.78, 5) is 34.2. The van der Waals surface area contributed by atoms with Gasteiger partial charge in [-0.15, -0.1) is 0 Å². The summed E-state index contributed by atoms with van der Waals surface area (Å²) in [5.74, 6) is 2.90. The van der Waals surface area contributed by atoms with Crippen LogP contribution in [0, 0.1) is 5.92 Å². The van der Waals surface area contributed by atoms with Crippen molar-refractivity contribution in [3.05, 3.63) is 59.7 Å². The highest BCUT2D eigenvalue weighted by Gasteiger charge is 2.18. The molecule has 1 heterocycles. The molecule has 0 spiro atoms. The number of carbonyl (C=O) groups excluding carboxylic acids is 2. The maximum absolute atomic E-state index is 12.0. The number of piperidine rings is 1. The number of likely N-dealkylation sites (tertiary alicyclic amines) is 1. The van der Waals surface area contributed by atoms with Crippen LogP contribution in [0.2, 0.25) is 0 Å². The highest BCUT2D eigenvalue weighted by Crippen LogP contribution is 2.23. The van der Waals surface area contributed by atoms with Crippen LogP contribution in [0.4, 0.5) is 9.59 Å². The number of unbranched alkanes of at least 4 members (excludes halogenated alkanes) is 2. The van der Waals surface area contributed by atoms with Gasteiger partial charge in [0.1, 0.15) is 23.2 Å². The number of benzene rings is 2. The minimum atomic E-state index is -0.662. The topological polar surface area (TPSA) is 137 Å². The second kappa shape index (κ2) is 21.6. The molecule has 0 bridgehead atoms. The van der Waals surface area contributed by atoms with Crippen molar-refractivity contribution in [3.8, 4) is 11.5 Å². The molecule has 0 unspecified atom stereocenters. The largest absolute Gasteiger partial charge is 0.494 e. The Hall–Kier alpha value is -4.12. The van der Waals surface area contributed by atoms with E-state index in [2.05, 4.69) is 20.2 Å². The lowest BCUT2D eigenvalue weighted by Gasteiger charge is -2.32. The van der Waals surface area contributed by atoms with Crippen molar-refractivity contribution < 1.29 is 28.5 Å².